The third-order valence-corrected chi connectivity index (χ3v) is 2.86. The van der Waals surface area contributed by atoms with Crippen molar-refractivity contribution in [3.05, 3.63) is 29.6 Å². The molecule has 0 aliphatic carbocycles. The van der Waals surface area contributed by atoms with Gasteiger partial charge in [0.15, 0.2) is 6.29 Å². The number of pyridine rings is 1. The van der Waals surface area contributed by atoms with E-state index >= 15 is 0 Å². The van der Waals surface area contributed by atoms with Crippen molar-refractivity contribution in [2.24, 2.45) is 0 Å². The fourth-order valence-electron chi connectivity index (χ4n) is 1.90. The Labute approximate surface area is 112 Å². The van der Waals surface area contributed by atoms with Crippen LogP contribution in [0.25, 0.3) is 0 Å². The summed E-state index contributed by atoms with van der Waals surface area (Å²) in [4.78, 5) is 28.3. The molecule has 0 saturated carbocycles. The Balaban J connectivity index is 1.92. The van der Waals surface area contributed by atoms with E-state index in [0.29, 0.717) is 18.8 Å². The summed E-state index contributed by atoms with van der Waals surface area (Å²) in [5.74, 6) is 0.187. The number of aldehydes is 1. The molecule has 0 atom stereocenters. The van der Waals surface area contributed by atoms with E-state index in [4.69, 9.17) is 4.74 Å². The molecule has 1 amide bonds. The minimum atomic E-state index is -0.474. The van der Waals surface area contributed by atoms with E-state index in [-0.39, 0.29) is 12.0 Å². The molecule has 1 saturated heterocycles. The van der Waals surface area contributed by atoms with Crippen LogP contribution < -0.4 is 0 Å². The first-order valence-electron chi connectivity index (χ1n) is 6.29. The molecule has 2 rings (SSSR count). The van der Waals surface area contributed by atoms with Crippen molar-refractivity contribution in [2.75, 3.05) is 13.1 Å². The average Bonchev–Trinajstić information content (AvgIpc) is 2.25. The fraction of sp³-hybridized carbons (Fsp3) is 0.500. The predicted molar refractivity (Wildman–Crippen MR) is 70.2 cm³/mol. The zero-order chi connectivity index (χ0) is 14.0. The summed E-state index contributed by atoms with van der Waals surface area (Å²) >= 11 is 0. The molecule has 0 spiro atoms. The van der Waals surface area contributed by atoms with Gasteiger partial charge in [0, 0.05) is 24.7 Å². The highest BCUT2D eigenvalue weighted by Crippen LogP contribution is 2.27. The summed E-state index contributed by atoms with van der Waals surface area (Å²) in [6.45, 7) is 6.71. The number of rotatable bonds is 2. The number of likely N-dealkylation sites (tertiary alicyclic amines) is 1. The van der Waals surface area contributed by atoms with E-state index in [2.05, 4.69) is 4.98 Å². The lowest BCUT2D eigenvalue weighted by atomic mass is 9.96. The summed E-state index contributed by atoms with van der Waals surface area (Å²) in [5.41, 5.74) is 0.801. The molecule has 0 aromatic carbocycles. The van der Waals surface area contributed by atoms with E-state index in [9.17, 15) is 9.59 Å². The molecule has 1 aliphatic rings. The van der Waals surface area contributed by atoms with Gasteiger partial charge in [-0.25, -0.2) is 9.78 Å². The van der Waals surface area contributed by atoms with Gasteiger partial charge in [-0.05, 0) is 32.9 Å². The highest BCUT2D eigenvalue weighted by molar-refractivity contribution is 5.72. The first-order valence-corrected chi connectivity index (χ1v) is 6.29. The van der Waals surface area contributed by atoms with E-state index < -0.39 is 5.60 Å². The number of ether oxygens (including phenoxy) is 1. The number of aromatic nitrogens is 1. The molecule has 1 aromatic rings. The van der Waals surface area contributed by atoms with Gasteiger partial charge in [-0.15, -0.1) is 0 Å². The topological polar surface area (TPSA) is 59.5 Å². The highest BCUT2D eigenvalue weighted by Gasteiger charge is 2.35. The molecular weight excluding hydrogens is 244 g/mol. The van der Waals surface area contributed by atoms with E-state index in [1.165, 1.54) is 0 Å². The van der Waals surface area contributed by atoms with Crippen molar-refractivity contribution in [3.8, 4) is 0 Å². The Kier molecular flexibility index (Phi) is 3.55. The van der Waals surface area contributed by atoms with Crippen LogP contribution in [0.3, 0.4) is 0 Å². The minimum Gasteiger partial charge on any atom is -0.444 e. The SMILES string of the molecule is CC(C)(C)OC(=O)N1CC(c2cccc(C=O)n2)C1. The maximum atomic E-state index is 11.8. The van der Waals surface area contributed by atoms with Crippen molar-refractivity contribution < 1.29 is 14.3 Å². The van der Waals surface area contributed by atoms with Crippen molar-refractivity contribution >= 4 is 12.4 Å². The first kappa shape index (κ1) is 13.5. The van der Waals surface area contributed by atoms with Crippen LogP contribution in [0.2, 0.25) is 0 Å². The summed E-state index contributed by atoms with van der Waals surface area (Å²) in [7, 11) is 0. The maximum Gasteiger partial charge on any atom is 0.410 e. The Morgan fingerprint density at radius 3 is 2.68 bits per heavy atom. The second-order valence-electron chi connectivity index (χ2n) is 5.69. The second-order valence-corrected chi connectivity index (χ2v) is 5.69. The Morgan fingerprint density at radius 1 is 1.42 bits per heavy atom. The molecule has 0 unspecified atom stereocenters. The minimum absolute atomic E-state index is 0.187. The Bertz CT molecular complexity index is 488. The Hall–Kier alpha value is -1.91. The van der Waals surface area contributed by atoms with Gasteiger partial charge in [-0.3, -0.25) is 4.79 Å². The molecule has 19 heavy (non-hydrogen) atoms. The monoisotopic (exact) mass is 262 g/mol. The molecule has 1 aliphatic heterocycles. The molecule has 1 aromatic heterocycles. The molecule has 2 heterocycles. The van der Waals surface area contributed by atoms with Gasteiger partial charge < -0.3 is 9.64 Å². The lowest BCUT2D eigenvalue weighted by Crippen LogP contribution is -2.50. The van der Waals surface area contributed by atoms with E-state index in [0.717, 1.165) is 12.0 Å². The summed E-state index contributed by atoms with van der Waals surface area (Å²) in [6, 6.07) is 5.35. The van der Waals surface area contributed by atoms with E-state index in [1.807, 2.05) is 32.9 Å². The van der Waals surface area contributed by atoms with Crippen LogP contribution in [0, 0.1) is 0 Å². The van der Waals surface area contributed by atoms with Gasteiger partial charge in [0.1, 0.15) is 11.3 Å². The van der Waals surface area contributed by atoms with Crippen LogP contribution in [-0.4, -0.2) is 41.0 Å². The van der Waals surface area contributed by atoms with Gasteiger partial charge in [0.2, 0.25) is 0 Å². The summed E-state index contributed by atoms with van der Waals surface area (Å²) in [6.07, 6.45) is 0.434. The third-order valence-electron chi connectivity index (χ3n) is 2.86. The van der Waals surface area contributed by atoms with Crippen LogP contribution in [0.15, 0.2) is 18.2 Å². The molecule has 0 radical (unpaired) electrons. The maximum absolute atomic E-state index is 11.8. The molecule has 0 bridgehead atoms. The van der Waals surface area contributed by atoms with Gasteiger partial charge in [-0.2, -0.15) is 0 Å². The standard InChI is InChI=1S/C14H18N2O3/c1-14(2,3)19-13(18)16-7-10(8-16)12-6-4-5-11(9-17)15-12/h4-6,9-10H,7-8H2,1-3H3. The van der Waals surface area contributed by atoms with Crippen molar-refractivity contribution in [3.63, 3.8) is 0 Å². The quantitative estimate of drug-likeness (QED) is 0.767. The summed E-state index contributed by atoms with van der Waals surface area (Å²) in [5, 5.41) is 0. The zero-order valence-corrected chi connectivity index (χ0v) is 11.4. The number of hydrogen-bond donors (Lipinski definition) is 0. The van der Waals surface area contributed by atoms with Crippen molar-refractivity contribution in [2.45, 2.75) is 32.3 Å². The number of hydrogen-bond acceptors (Lipinski definition) is 4. The molecule has 102 valence electrons. The predicted octanol–water partition coefficient (Wildman–Crippen LogP) is 2.23. The largest absolute Gasteiger partial charge is 0.444 e. The average molecular weight is 262 g/mol. The van der Waals surface area contributed by atoms with Crippen molar-refractivity contribution in [1.82, 2.24) is 9.88 Å². The first-order chi connectivity index (χ1) is 8.89. The molecule has 5 heteroatoms. The third kappa shape index (κ3) is 3.30. The van der Waals surface area contributed by atoms with Crippen molar-refractivity contribution in [1.29, 1.82) is 0 Å². The van der Waals surface area contributed by atoms with Crippen LogP contribution in [0.5, 0.6) is 0 Å². The lowest BCUT2D eigenvalue weighted by Gasteiger charge is -2.39. The number of carbonyl (C=O) groups excluding carboxylic acids is 2. The number of amides is 1. The van der Waals surface area contributed by atoms with Crippen LogP contribution in [0.1, 0.15) is 42.9 Å². The number of nitrogens with zero attached hydrogens (tertiary/aromatic N) is 2. The molecular formula is C14H18N2O3. The second kappa shape index (κ2) is 4.99. The van der Waals surface area contributed by atoms with Gasteiger partial charge in [0.05, 0.1) is 0 Å². The highest BCUT2D eigenvalue weighted by atomic mass is 16.6. The Morgan fingerprint density at radius 2 is 2.11 bits per heavy atom. The normalized spacial score (nSPS) is 15.8. The van der Waals surface area contributed by atoms with Crippen LogP contribution in [0.4, 0.5) is 4.79 Å². The number of carbonyl (C=O) groups is 2. The zero-order valence-electron chi connectivity index (χ0n) is 11.4. The fourth-order valence-corrected chi connectivity index (χ4v) is 1.90. The molecule has 5 nitrogen and oxygen atoms in total. The smallest absolute Gasteiger partial charge is 0.410 e. The molecule has 0 N–H and O–H groups in total. The lowest BCUT2D eigenvalue weighted by molar-refractivity contribution is 0.00785. The van der Waals surface area contributed by atoms with E-state index in [1.54, 1.807) is 11.0 Å². The summed E-state index contributed by atoms with van der Waals surface area (Å²) < 4.78 is 5.28. The van der Waals surface area contributed by atoms with Gasteiger partial charge >= 0.3 is 6.09 Å². The van der Waals surface area contributed by atoms with Gasteiger partial charge in [0.25, 0.3) is 0 Å². The van der Waals surface area contributed by atoms with Crippen LogP contribution >= 0.6 is 0 Å². The van der Waals surface area contributed by atoms with Gasteiger partial charge in [-0.1, -0.05) is 6.07 Å². The van der Waals surface area contributed by atoms with Crippen LogP contribution in [-0.2, 0) is 4.74 Å². The molecule has 1 fully saturated rings.